The number of rotatable bonds is 7. The van der Waals surface area contributed by atoms with Crippen molar-refractivity contribution in [2.45, 2.75) is 39.7 Å². The monoisotopic (exact) mass is 485 g/mol. The number of hydrogen-bond donors (Lipinski definition) is 2. The van der Waals surface area contributed by atoms with Crippen LogP contribution in [0.3, 0.4) is 0 Å². The van der Waals surface area contributed by atoms with Crippen LogP contribution in [0.25, 0.3) is 5.76 Å². The third-order valence-electron chi connectivity index (χ3n) is 6.18. The summed E-state index contributed by atoms with van der Waals surface area (Å²) in [6.45, 7) is 8.82. The molecule has 0 radical (unpaired) electrons. The zero-order valence-corrected chi connectivity index (χ0v) is 20.9. The van der Waals surface area contributed by atoms with Gasteiger partial charge in [-0.15, -0.1) is 0 Å². The van der Waals surface area contributed by atoms with Crippen LogP contribution in [0, 0.1) is 5.92 Å². The van der Waals surface area contributed by atoms with Crippen LogP contribution in [0.4, 0.5) is 5.69 Å². The molecule has 1 atom stereocenters. The van der Waals surface area contributed by atoms with Gasteiger partial charge >= 0.3 is 0 Å². The van der Waals surface area contributed by atoms with E-state index >= 15 is 0 Å². The van der Waals surface area contributed by atoms with Crippen molar-refractivity contribution in [2.75, 3.05) is 11.5 Å². The molecule has 0 aromatic heterocycles. The van der Waals surface area contributed by atoms with Gasteiger partial charge in [0, 0.05) is 11.3 Å². The van der Waals surface area contributed by atoms with E-state index < -0.39 is 17.7 Å². The third kappa shape index (κ3) is 4.98. The highest BCUT2D eigenvalue weighted by molar-refractivity contribution is 6.51. The topological polar surface area (TPSA) is 87.1 Å². The first kappa shape index (κ1) is 25.0. The molecular formula is C30H31NO5. The number of hydrogen-bond acceptors (Lipinski definition) is 5. The molecule has 1 heterocycles. The molecular weight excluding hydrogens is 454 g/mol. The van der Waals surface area contributed by atoms with Gasteiger partial charge in [-0.2, -0.15) is 0 Å². The van der Waals surface area contributed by atoms with E-state index in [1.807, 2.05) is 12.1 Å². The molecule has 1 unspecified atom stereocenters. The highest BCUT2D eigenvalue weighted by Gasteiger charge is 2.47. The van der Waals surface area contributed by atoms with Crippen LogP contribution in [0.2, 0.25) is 0 Å². The van der Waals surface area contributed by atoms with Crippen molar-refractivity contribution >= 4 is 23.1 Å². The Kier molecular flexibility index (Phi) is 7.15. The normalized spacial score (nSPS) is 17.3. The molecule has 0 bridgehead atoms. The van der Waals surface area contributed by atoms with Gasteiger partial charge in [0.1, 0.15) is 17.3 Å². The number of phenols is 1. The molecule has 0 aliphatic carbocycles. The summed E-state index contributed by atoms with van der Waals surface area (Å²) in [5.41, 5.74) is 2.51. The number of ketones is 1. The molecule has 6 heteroatoms. The molecule has 4 rings (SSSR count). The van der Waals surface area contributed by atoms with E-state index in [9.17, 15) is 19.8 Å². The molecule has 2 N–H and O–H groups in total. The molecule has 0 saturated carbocycles. The number of aliphatic hydroxyl groups is 1. The van der Waals surface area contributed by atoms with Gasteiger partial charge in [0.05, 0.1) is 18.2 Å². The molecule has 36 heavy (non-hydrogen) atoms. The van der Waals surface area contributed by atoms with Crippen LogP contribution >= 0.6 is 0 Å². The van der Waals surface area contributed by atoms with Gasteiger partial charge in [0.15, 0.2) is 0 Å². The predicted molar refractivity (Wildman–Crippen MR) is 140 cm³/mol. The zero-order valence-electron chi connectivity index (χ0n) is 20.9. The quantitative estimate of drug-likeness (QED) is 0.237. The summed E-state index contributed by atoms with van der Waals surface area (Å²) >= 11 is 0. The van der Waals surface area contributed by atoms with Crippen LogP contribution in [-0.4, -0.2) is 28.5 Å². The lowest BCUT2D eigenvalue weighted by Gasteiger charge is -2.26. The molecule has 1 aliphatic heterocycles. The first-order chi connectivity index (χ1) is 17.2. The highest BCUT2D eigenvalue weighted by atomic mass is 16.5. The fraction of sp³-hybridized carbons (Fsp3) is 0.267. The number of carbonyl (C=O) groups is 2. The van der Waals surface area contributed by atoms with Crippen LogP contribution < -0.4 is 9.64 Å². The lowest BCUT2D eigenvalue weighted by atomic mass is 9.94. The summed E-state index contributed by atoms with van der Waals surface area (Å²) < 4.78 is 5.72. The fourth-order valence-corrected chi connectivity index (χ4v) is 4.26. The number of Topliss-reactive ketones (excluding diaryl/α,β-unsaturated/α-hetero) is 1. The average molecular weight is 486 g/mol. The van der Waals surface area contributed by atoms with Crippen molar-refractivity contribution in [3.05, 3.63) is 95.1 Å². The summed E-state index contributed by atoms with van der Waals surface area (Å²) in [5.74, 6) is -0.475. The van der Waals surface area contributed by atoms with Gasteiger partial charge in [-0.05, 0) is 71.5 Å². The van der Waals surface area contributed by atoms with Crippen LogP contribution in [0.1, 0.15) is 56.3 Å². The van der Waals surface area contributed by atoms with Crippen molar-refractivity contribution in [1.82, 2.24) is 0 Å². The van der Waals surface area contributed by atoms with Crippen LogP contribution in [-0.2, 0) is 9.59 Å². The van der Waals surface area contributed by atoms with Crippen molar-refractivity contribution in [3.8, 4) is 11.5 Å². The summed E-state index contributed by atoms with van der Waals surface area (Å²) in [7, 11) is 0. The van der Waals surface area contributed by atoms with Gasteiger partial charge in [0.2, 0.25) is 0 Å². The molecule has 1 aliphatic rings. The van der Waals surface area contributed by atoms with Crippen LogP contribution in [0.15, 0.2) is 78.4 Å². The maximum absolute atomic E-state index is 13.3. The molecule has 186 valence electrons. The standard InChI is InChI=1S/C30H31NO5/c1-18(2)17-36-25-14-10-21(11-15-25)28(33)26-27(22-6-5-7-24(32)16-22)31(30(35)29(26)34)23-12-8-20(9-13-23)19(3)4/h5-16,18-19,27,32-33H,17H2,1-4H3/b28-26-. The zero-order chi connectivity index (χ0) is 26.0. The fourth-order valence-electron chi connectivity index (χ4n) is 4.26. The molecule has 3 aromatic carbocycles. The van der Waals surface area contributed by atoms with E-state index in [2.05, 4.69) is 27.7 Å². The predicted octanol–water partition coefficient (Wildman–Crippen LogP) is 6.18. The minimum Gasteiger partial charge on any atom is -0.508 e. The van der Waals surface area contributed by atoms with Gasteiger partial charge in [-0.1, -0.05) is 52.0 Å². The summed E-state index contributed by atoms with van der Waals surface area (Å²) in [4.78, 5) is 28.0. The number of ether oxygens (including phenoxy) is 1. The smallest absolute Gasteiger partial charge is 0.300 e. The Bertz CT molecular complexity index is 1290. The molecule has 0 spiro atoms. The Morgan fingerprint density at radius 1 is 0.944 bits per heavy atom. The van der Waals surface area contributed by atoms with E-state index in [1.54, 1.807) is 48.5 Å². The first-order valence-corrected chi connectivity index (χ1v) is 12.1. The second-order valence-electron chi connectivity index (χ2n) is 9.74. The van der Waals surface area contributed by atoms with E-state index in [1.165, 1.54) is 17.0 Å². The molecule has 6 nitrogen and oxygen atoms in total. The van der Waals surface area contributed by atoms with Gasteiger partial charge in [-0.25, -0.2) is 0 Å². The number of aromatic hydroxyl groups is 1. The van der Waals surface area contributed by atoms with E-state index in [-0.39, 0.29) is 17.1 Å². The van der Waals surface area contributed by atoms with E-state index in [0.717, 1.165) is 5.56 Å². The van der Waals surface area contributed by atoms with Gasteiger partial charge in [0.25, 0.3) is 11.7 Å². The Morgan fingerprint density at radius 2 is 1.61 bits per heavy atom. The minimum atomic E-state index is -0.904. The molecule has 3 aromatic rings. The Labute approximate surface area is 211 Å². The maximum Gasteiger partial charge on any atom is 0.300 e. The lowest BCUT2D eigenvalue weighted by molar-refractivity contribution is -0.132. The highest BCUT2D eigenvalue weighted by Crippen LogP contribution is 2.43. The summed E-state index contributed by atoms with van der Waals surface area (Å²) in [6.07, 6.45) is 0. The number of phenolic OH excluding ortho intramolecular Hbond substituents is 1. The third-order valence-corrected chi connectivity index (χ3v) is 6.18. The largest absolute Gasteiger partial charge is 0.508 e. The number of aliphatic hydroxyl groups excluding tert-OH is 1. The number of nitrogens with zero attached hydrogens (tertiary/aromatic N) is 1. The first-order valence-electron chi connectivity index (χ1n) is 12.1. The van der Waals surface area contributed by atoms with E-state index in [4.69, 9.17) is 4.74 Å². The molecule has 1 fully saturated rings. The lowest BCUT2D eigenvalue weighted by Crippen LogP contribution is -2.29. The second kappa shape index (κ2) is 10.3. The number of benzene rings is 3. The van der Waals surface area contributed by atoms with Crippen molar-refractivity contribution in [3.63, 3.8) is 0 Å². The van der Waals surface area contributed by atoms with Crippen molar-refractivity contribution < 1.29 is 24.5 Å². The van der Waals surface area contributed by atoms with E-state index in [0.29, 0.717) is 41.0 Å². The summed E-state index contributed by atoms with van der Waals surface area (Å²) in [6, 6.07) is 19.7. The second-order valence-corrected chi connectivity index (χ2v) is 9.74. The number of amides is 1. The van der Waals surface area contributed by atoms with Gasteiger partial charge < -0.3 is 14.9 Å². The van der Waals surface area contributed by atoms with Gasteiger partial charge in [-0.3, -0.25) is 14.5 Å². The maximum atomic E-state index is 13.3. The van der Waals surface area contributed by atoms with Crippen molar-refractivity contribution in [1.29, 1.82) is 0 Å². The SMILES string of the molecule is CC(C)COc1ccc(/C(O)=C2/C(=O)C(=O)N(c3ccc(C(C)C)cc3)C2c2cccc(O)c2)cc1. The summed E-state index contributed by atoms with van der Waals surface area (Å²) in [5, 5.41) is 21.4. The average Bonchev–Trinajstić information content (AvgIpc) is 3.13. The van der Waals surface area contributed by atoms with Crippen LogP contribution in [0.5, 0.6) is 11.5 Å². The number of carbonyl (C=O) groups excluding carboxylic acids is 2. The Balaban J connectivity index is 1.81. The molecule has 1 amide bonds. The Hall–Kier alpha value is -4.06. The minimum absolute atomic E-state index is 0.0000948. The molecule has 1 saturated heterocycles. The number of anilines is 1. The Morgan fingerprint density at radius 3 is 2.19 bits per heavy atom. The van der Waals surface area contributed by atoms with Crippen molar-refractivity contribution in [2.24, 2.45) is 5.92 Å².